The van der Waals surface area contributed by atoms with Crippen LogP contribution in [0.25, 0.3) is 6.08 Å². The van der Waals surface area contributed by atoms with Gasteiger partial charge in [0.05, 0.1) is 0 Å². The van der Waals surface area contributed by atoms with Crippen LogP contribution in [-0.2, 0) is 6.42 Å². The molecule has 4 heteroatoms. The molecule has 0 fully saturated rings. The van der Waals surface area contributed by atoms with E-state index in [4.69, 9.17) is 0 Å². The Morgan fingerprint density at radius 3 is 2.65 bits per heavy atom. The van der Waals surface area contributed by atoms with Gasteiger partial charge in [-0.1, -0.05) is 18.2 Å². The quantitative estimate of drug-likeness (QED) is 0.769. The smallest absolute Gasteiger partial charge is 0.133 e. The van der Waals surface area contributed by atoms with Crippen LogP contribution in [0.2, 0.25) is 0 Å². The summed E-state index contributed by atoms with van der Waals surface area (Å²) in [4.78, 5) is 8.37. The zero-order chi connectivity index (χ0) is 13.6. The van der Waals surface area contributed by atoms with Crippen LogP contribution in [0, 0.1) is 0 Å². The molecule has 102 valence electrons. The minimum atomic E-state index is 0.893. The standard InChI is InChI=1S/C8H10N2.C8H8N2/c2*1-3-7-4-2-6-10-8(7)9-5-1/h1,3,5H,2,4,6H2,(H,9,10);1-5H,6H2,(H,9,10). The molecule has 2 aromatic rings. The van der Waals surface area contributed by atoms with E-state index in [1.165, 1.54) is 24.0 Å². The predicted octanol–water partition coefficient (Wildman–Crippen LogP) is 2.96. The van der Waals surface area contributed by atoms with Crippen molar-refractivity contribution in [1.82, 2.24) is 9.97 Å². The van der Waals surface area contributed by atoms with Crippen LogP contribution in [0.5, 0.6) is 0 Å². The molecule has 0 unspecified atom stereocenters. The molecule has 4 rings (SSSR count). The minimum absolute atomic E-state index is 0.893. The highest BCUT2D eigenvalue weighted by atomic mass is 15.0. The van der Waals surface area contributed by atoms with Gasteiger partial charge in [0.1, 0.15) is 11.6 Å². The predicted molar refractivity (Wildman–Crippen MR) is 82.8 cm³/mol. The SMILES string of the molecule is C1=Cc2cccnc2NC1.c1cnc2c(c1)CCCN2. The molecule has 2 aliphatic heterocycles. The van der Waals surface area contributed by atoms with Gasteiger partial charge in [-0.05, 0) is 36.6 Å². The molecule has 0 radical (unpaired) electrons. The van der Waals surface area contributed by atoms with Gasteiger partial charge in [0.15, 0.2) is 0 Å². The number of aryl methyl sites for hydroxylation is 1. The van der Waals surface area contributed by atoms with Crippen molar-refractivity contribution in [2.45, 2.75) is 12.8 Å². The molecule has 2 aromatic heterocycles. The summed E-state index contributed by atoms with van der Waals surface area (Å²) in [5.41, 5.74) is 2.53. The Balaban J connectivity index is 0.000000121. The molecule has 4 nitrogen and oxygen atoms in total. The first-order valence-electron chi connectivity index (χ1n) is 6.97. The van der Waals surface area contributed by atoms with E-state index in [-0.39, 0.29) is 0 Å². The maximum atomic E-state index is 4.21. The summed E-state index contributed by atoms with van der Waals surface area (Å²) in [5, 5.41) is 6.42. The van der Waals surface area contributed by atoms with Crippen molar-refractivity contribution in [3.05, 3.63) is 53.9 Å². The number of nitrogens with one attached hydrogen (secondary N) is 2. The molecule has 0 saturated heterocycles. The van der Waals surface area contributed by atoms with E-state index in [2.05, 4.69) is 38.8 Å². The van der Waals surface area contributed by atoms with Crippen molar-refractivity contribution >= 4 is 17.7 Å². The Morgan fingerprint density at radius 1 is 0.950 bits per heavy atom. The molecule has 0 aliphatic carbocycles. The number of pyridine rings is 2. The summed E-state index contributed by atoms with van der Waals surface area (Å²) in [6.07, 6.45) is 10.2. The first-order chi connectivity index (χ1) is 9.93. The molecular weight excluding hydrogens is 248 g/mol. The van der Waals surface area contributed by atoms with Crippen molar-refractivity contribution in [3.8, 4) is 0 Å². The molecule has 0 saturated carbocycles. The highest BCUT2D eigenvalue weighted by molar-refractivity contribution is 5.65. The number of fused-ring (bicyclic) bond motifs is 2. The van der Waals surface area contributed by atoms with Gasteiger partial charge in [-0.15, -0.1) is 0 Å². The van der Waals surface area contributed by atoms with Crippen LogP contribution in [0.15, 0.2) is 42.7 Å². The van der Waals surface area contributed by atoms with E-state index >= 15 is 0 Å². The zero-order valence-electron chi connectivity index (χ0n) is 11.3. The van der Waals surface area contributed by atoms with Crippen molar-refractivity contribution in [3.63, 3.8) is 0 Å². The van der Waals surface area contributed by atoms with E-state index in [0.717, 1.165) is 24.7 Å². The summed E-state index contributed by atoms with van der Waals surface area (Å²) in [5.74, 6) is 2.07. The molecule has 0 aromatic carbocycles. The average Bonchev–Trinajstić information content (AvgIpc) is 2.56. The summed E-state index contributed by atoms with van der Waals surface area (Å²) in [7, 11) is 0. The first-order valence-corrected chi connectivity index (χ1v) is 6.97. The van der Waals surface area contributed by atoms with Gasteiger partial charge in [-0.2, -0.15) is 0 Å². The highest BCUT2D eigenvalue weighted by Gasteiger charge is 2.06. The van der Waals surface area contributed by atoms with Gasteiger partial charge in [-0.25, -0.2) is 9.97 Å². The fourth-order valence-corrected chi connectivity index (χ4v) is 2.33. The monoisotopic (exact) mass is 266 g/mol. The normalized spacial score (nSPS) is 14.8. The van der Waals surface area contributed by atoms with Crippen LogP contribution in [0.4, 0.5) is 11.6 Å². The third-order valence-corrected chi connectivity index (χ3v) is 3.33. The number of aromatic nitrogens is 2. The lowest BCUT2D eigenvalue weighted by molar-refractivity contribution is 0.818. The third-order valence-electron chi connectivity index (χ3n) is 3.33. The molecule has 2 aliphatic rings. The van der Waals surface area contributed by atoms with Gasteiger partial charge in [0, 0.05) is 31.0 Å². The lowest BCUT2D eigenvalue weighted by Crippen LogP contribution is -2.12. The second kappa shape index (κ2) is 6.19. The number of hydrogen-bond acceptors (Lipinski definition) is 4. The number of hydrogen-bond donors (Lipinski definition) is 2. The van der Waals surface area contributed by atoms with Crippen LogP contribution in [0.1, 0.15) is 17.5 Å². The molecule has 0 amide bonds. The maximum Gasteiger partial charge on any atom is 0.133 e. The van der Waals surface area contributed by atoms with Crippen molar-refractivity contribution in [1.29, 1.82) is 0 Å². The van der Waals surface area contributed by atoms with Crippen LogP contribution < -0.4 is 10.6 Å². The fourth-order valence-electron chi connectivity index (χ4n) is 2.33. The van der Waals surface area contributed by atoms with E-state index in [0.29, 0.717) is 0 Å². The highest BCUT2D eigenvalue weighted by Crippen LogP contribution is 2.17. The Labute approximate surface area is 119 Å². The number of nitrogens with zero attached hydrogens (tertiary/aromatic N) is 2. The molecule has 0 spiro atoms. The van der Waals surface area contributed by atoms with Crippen molar-refractivity contribution in [2.24, 2.45) is 0 Å². The van der Waals surface area contributed by atoms with Crippen LogP contribution >= 0.6 is 0 Å². The minimum Gasteiger partial charge on any atom is -0.370 e. The summed E-state index contributed by atoms with van der Waals surface area (Å²) >= 11 is 0. The second-order valence-corrected chi connectivity index (χ2v) is 4.77. The van der Waals surface area contributed by atoms with Gasteiger partial charge >= 0.3 is 0 Å². The zero-order valence-corrected chi connectivity index (χ0v) is 11.3. The summed E-state index contributed by atoms with van der Waals surface area (Å²) in [6, 6.07) is 8.11. The summed E-state index contributed by atoms with van der Waals surface area (Å²) < 4.78 is 0. The van der Waals surface area contributed by atoms with Gasteiger partial charge in [0.2, 0.25) is 0 Å². The van der Waals surface area contributed by atoms with E-state index in [9.17, 15) is 0 Å². The largest absolute Gasteiger partial charge is 0.370 e. The number of anilines is 2. The molecule has 4 heterocycles. The molecule has 0 bridgehead atoms. The Hall–Kier alpha value is -2.36. The van der Waals surface area contributed by atoms with Gasteiger partial charge in [0.25, 0.3) is 0 Å². The number of rotatable bonds is 0. The second-order valence-electron chi connectivity index (χ2n) is 4.77. The average molecular weight is 266 g/mol. The van der Waals surface area contributed by atoms with Gasteiger partial charge < -0.3 is 10.6 Å². The molecule has 2 N–H and O–H groups in total. The topological polar surface area (TPSA) is 49.8 Å². The Bertz CT molecular complexity index is 582. The van der Waals surface area contributed by atoms with E-state index in [1.807, 2.05) is 24.4 Å². The Morgan fingerprint density at radius 2 is 1.80 bits per heavy atom. The lowest BCUT2D eigenvalue weighted by atomic mass is 10.1. The molecule has 0 atom stereocenters. The summed E-state index contributed by atoms with van der Waals surface area (Å²) in [6.45, 7) is 1.97. The molecular formula is C16H18N4. The first kappa shape index (κ1) is 12.7. The van der Waals surface area contributed by atoms with Crippen LogP contribution in [0.3, 0.4) is 0 Å². The lowest BCUT2D eigenvalue weighted by Gasteiger charge is -2.15. The van der Waals surface area contributed by atoms with Crippen molar-refractivity contribution in [2.75, 3.05) is 23.7 Å². The van der Waals surface area contributed by atoms with Crippen LogP contribution in [-0.4, -0.2) is 23.1 Å². The maximum absolute atomic E-state index is 4.21. The molecule has 20 heavy (non-hydrogen) atoms. The van der Waals surface area contributed by atoms with Gasteiger partial charge in [-0.3, -0.25) is 0 Å². The van der Waals surface area contributed by atoms with Crippen molar-refractivity contribution < 1.29 is 0 Å². The third kappa shape index (κ3) is 2.96. The fraction of sp³-hybridized carbons (Fsp3) is 0.250. The van der Waals surface area contributed by atoms with E-state index < -0.39 is 0 Å². The Kier molecular flexibility index (Phi) is 3.92. The van der Waals surface area contributed by atoms with E-state index in [1.54, 1.807) is 6.20 Å².